The molecule has 2 N–H and O–H groups in total. The minimum absolute atomic E-state index is 0.00820. The number of hydrazine groups is 1. The van der Waals surface area contributed by atoms with Gasteiger partial charge in [0, 0.05) is 109 Å². The fourth-order valence-electron chi connectivity index (χ4n) is 12.0. The molecule has 18 nitrogen and oxygen atoms in total. The summed E-state index contributed by atoms with van der Waals surface area (Å²) in [6.45, 7) is 17.3. The van der Waals surface area contributed by atoms with E-state index in [1.165, 1.54) is 11.3 Å². The van der Waals surface area contributed by atoms with Gasteiger partial charge < -0.3 is 43.0 Å². The third-order valence-corrected chi connectivity index (χ3v) is 17.4. The summed E-state index contributed by atoms with van der Waals surface area (Å²) in [5.41, 5.74) is 10.6. The quantitative estimate of drug-likeness (QED) is 0.121. The third kappa shape index (κ3) is 11.6. The molecule has 1 aromatic carbocycles. The molecule has 6 saturated heterocycles. The van der Waals surface area contributed by atoms with Crippen LogP contribution in [0.25, 0.3) is 33.4 Å². The van der Waals surface area contributed by atoms with E-state index in [0.717, 1.165) is 89.0 Å². The molecule has 1 saturated carbocycles. The molecule has 7 fully saturated rings. The standard InChI is InChI=1S/C58H74N8O10S/c1-36-33-75-53(36)54(67)61-50-52(64-15-7-20-71-21-8-16-64)55-60-46(34-77-55)39-10-11-47-43(30-39)45(31-58(3,4)35-76-57(69)49-40-28-41(29-40)66(62-49)56(50)68)51(65(47)19-26-74-42-12-22-72-23-13-42)44-27-38(32-59-48(44)37(2)70-5)9-6-14-63-17-24-73-25-18-63/h10-11,27,30,32,34,36-37,40-42,49-50,53,62H,7-8,12-26,28-29,31,33,35H2,1-5H3/p+1/t36-,37-,40?,41?,49-,50-,53-/m0/s1. The molecule has 8 bridgehead atoms. The monoisotopic (exact) mass is 1080 g/mol. The number of fused-ring (bicyclic) bond motifs is 4. The summed E-state index contributed by atoms with van der Waals surface area (Å²) in [5, 5.41) is 8.50. The molecule has 77 heavy (non-hydrogen) atoms. The van der Waals surface area contributed by atoms with E-state index in [9.17, 15) is 9.59 Å². The average molecular weight is 1080 g/mol. The lowest BCUT2D eigenvalue weighted by Gasteiger charge is -2.53. The lowest BCUT2D eigenvalue weighted by atomic mass is 9.73. The van der Waals surface area contributed by atoms with Gasteiger partial charge in [-0.3, -0.25) is 29.3 Å². The molecule has 0 radical (unpaired) electrons. The first kappa shape index (κ1) is 53.8. The van der Waals surface area contributed by atoms with Gasteiger partial charge in [-0.15, -0.1) is 11.3 Å². The van der Waals surface area contributed by atoms with E-state index >= 15 is 4.79 Å². The molecular weight excluding hydrogens is 1000 g/mol. The number of ether oxygens (including phenoxy) is 7. The molecule has 19 heteroatoms. The van der Waals surface area contributed by atoms with Crippen molar-refractivity contribution >= 4 is 45.7 Å². The van der Waals surface area contributed by atoms with Crippen LogP contribution in [0.3, 0.4) is 0 Å². The highest BCUT2D eigenvalue weighted by Gasteiger charge is 2.53. The maximum absolute atomic E-state index is 15.5. The van der Waals surface area contributed by atoms with E-state index in [0.29, 0.717) is 109 Å². The normalized spacial score (nSPS) is 26.8. The first-order chi connectivity index (χ1) is 37.4. The summed E-state index contributed by atoms with van der Waals surface area (Å²) >= 11 is 1.46. The summed E-state index contributed by atoms with van der Waals surface area (Å²) < 4.78 is 46.7. The number of aromatic nitrogens is 3. The van der Waals surface area contributed by atoms with E-state index in [1.807, 2.05) is 20.0 Å². The number of hydrogen-bond donors (Lipinski definition) is 2. The molecule has 5 atom stereocenters. The van der Waals surface area contributed by atoms with Gasteiger partial charge in [-0.25, -0.2) is 15.0 Å². The Morgan fingerprint density at radius 2 is 1.81 bits per heavy atom. The molecule has 1 aliphatic carbocycles. The number of cyclic esters (lactones) is 1. The summed E-state index contributed by atoms with van der Waals surface area (Å²) in [4.78, 5) is 57.2. The molecule has 4 aromatic rings. The largest absolute Gasteiger partial charge is 0.464 e. The summed E-state index contributed by atoms with van der Waals surface area (Å²) in [6.07, 6.45) is 5.82. The van der Waals surface area contributed by atoms with Gasteiger partial charge in [-0.2, -0.15) is 0 Å². The SMILES string of the molecule is CO[C@@H](C)c1ncc(C#CCN2CCOCC2)cc1-c1c2c3cc(ccc3n1CCOC1CCOCC1)-c1csc(n1)C(=[N+]1CCCOCCC1)[C@H](NC(=O)[C@H]1OC[C@@H]1C)C(=O)N1N[C@H](C(=O)OCC(C)(C)C2)C2CC1C2. The zero-order valence-electron chi connectivity index (χ0n) is 45.3. The van der Waals surface area contributed by atoms with E-state index in [2.05, 4.69) is 80.1 Å². The Bertz CT molecular complexity index is 2900. The Balaban J connectivity index is 1.08. The summed E-state index contributed by atoms with van der Waals surface area (Å²) in [7, 11) is 1.71. The number of benzene rings is 1. The number of pyridine rings is 1. The zero-order chi connectivity index (χ0) is 53.2. The van der Waals surface area contributed by atoms with Crippen molar-refractivity contribution in [3.05, 3.63) is 57.7 Å². The Labute approximate surface area is 455 Å². The van der Waals surface area contributed by atoms with Crippen molar-refractivity contribution in [3.8, 4) is 34.4 Å². The van der Waals surface area contributed by atoms with Crippen molar-refractivity contribution in [2.45, 2.75) is 116 Å². The number of methoxy groups -OCH3 is 1. The van der Waals surface area contributed by atoms with Crippen molar-refractivity contribution < 1.29 is 52.1 Å². The molecule has 8 aliphatic rings. The topological polar surface area (TPSA) is 180 Å². The van der Waals surface area contributed by atoms with Gasteiger partial charge in [0.1, 0.15) is 25.2 Å². The summed E-state index contributed by atoms with van der Waals surface area (Å²) in [6, 6.07) is 6.64. The van der Waals surface area contributed by atoms with Crippen LogP contribution >= 0.6 is 11.3 Å². The molecule has 3 aromatic heterocycles. The Kier molecular flexibility index (Phi) is 16.6. The highest BCUT2D eigenvalue weighted by molar-refractivity contribution is 7.12. The minimum atomic E-state index is -1.14. The maximum atomic E-state index is 15.5. The number of hydrogen-bond acceptors (Lipinski definition) is 15. The number of esters is 1. The zero-order valence-corrected chi connectivity index (χ0v) is 46.1. The van der Waals surface area contributed by atoms with E-state index < -0.39 is 29.6 Å². The highest BCUT2D eigenvalue weighted by atomic mass is 32.1. The first-order valence-electron chi connectivity index (χ1n) is 27.9. The van der Waals surface area contributed by atoms with Gasteiger partial charge in [0.05, 0.1) is 82.1 Å². The third-order valence-electron chi connectivity index (χ3n) is 16.5. The summed E-state index contributed by atoms with van der Waals surface area (Å²) in [5.74, 6) is 5.76. The van der Waals surface area contributed by atoms with Crippen molar-refractivity contribution in [1.29, 1.82) is 0 Å². The van der Waals surface area contributed by atoms with Crippen molar-refractivity contribution in [2.75, 3.05) is 99.3 Å². The molecule has 0 spiro atoms. The first-order valence-corrected chi connectivity index (χ1v) is 28.8. The number of carbonyl (C=O) groups excluding carboxylic acids is 3. The van der Waals surface area contributed by atoms with E-state index in [1.54, 1.807) is 12.1 Å². The van der Waals surface area contributed by atoms with Crippen molar-refractivity contribution in [2.24, 2.45) is 17.3 Å². The smallest absolute Gasteiger partial charge is 0.325 e. The molecular formula is C58H75N8O10S+. The van der Waals surface area contributed by atoms with Crippen LogP contribution in [-0.4, -0.2) is 182 Å². The van der Waals surface area contributed by atoms with Gasteiger partial charge >= 0.3 is 5.97 Å². The second-order valence-corrected chi connectivity index (χ2v) is 23.5. The van der Waals surface area contributed by atoms with Crippen LogP contribution in [0.5, 0.6) is 0 Å². The predicted molar refractivity (Wildman–Crippen MR) is 289 cm³/mol. The highest BCUT2D eigenvalue weighted by Crippen LogP contribution is 2.44. The molecule has 12 rings (SSSR count). The van der Waals surface area contributed by atoms with Crippen LogP contribution < -0.4 is 10.7 Å². The predicted octanol–water partition coefficient (Wildman–Crippen LogP) is 5.16. The van der Waals surface area contributed by atoms with Crippen LogP contribution in [-0.2, 0) is 60.5 Å². The number of rotatable bonds is 10. The number of nitrogens with one attached hydrogen (secondary N) is 2. The average Bonchev–Trinajstić information content (AvgIpc) is 4.06. The van der Waals surface area contributed by atoms with Crippen molar-refractivity contribution in [1.82, 2.24) is 35.2 Å². The molecule has 2 amide bonds. The minimum Gasteiger partial charge on any atom is -0.464 e. The molecule has 412 valence electrons. The Morgan fingerprint density at radius 1 is 1.04 bits per heavy atom. The van der Waals surface area contributed by atoms with Gasteiger partial charge in [0.25, 0.3) is 11.8 Å². The molecule has 0 unspecified atom stereocenters. The van der Waals surface area contributed by atoms with Gasteiger partial charge in [0.2, 0.25) is 5.71 Å². The van der Waals surface area contributed by atoms with Gasteiger partial charge in [-0.1, -0.05) is 38.7 Å². The van der Waals surface area contributed by atoms with Gasteiger partial charge in [0.15, 0.2) is 11.0 Å². The Hall–Kier alpha value is -5.14. The Morgan fingerprint density at radius 3 is 2.55 bits per heavy atom. The second kappa shape index (κ2) is 23.7. The van der Waals surface area contributed by atoms with Crippen LogP contribution in [0, 0.1) is 29.1 Å². The maximum Gasteiger partial charge on any atom is 0.325 e. The molecule has 7 aliphatic heterocycles. The number of thiazole rings is 1. The van der Waals surface area contributed by atoms with Crippen molar-refractivity contribution in [3.63, 3.8) is 0 Å². The van der Waals surface area contributed by atoms with E-state index in [-0.39, 0.29) is 48.5 Å². The lowest BCUT2D eigenvalue weighted by Crippen LogP contribution is -2.72. The second-order valence-electron chi connectivity index (χ2n) is 22.7. The van der Waals surface area contributed by atoms with Gasteiger partial charge in [-0.05, 0) is 68.7 Å². The van der Waals surface area contributed by atoms with Crippen LogP contribution in [0.15, 0.2) is 35.8 Å². The number of amides is 2. The number of morpholine rings is 1. The number of nitrogens with zero attached hydrogens (tertiary/aromatic N) is 6. The number of carbonyl (C=O) groups is 3. The fraction of sp³-hybridized carbons (Fsp3) is 0.621. The van der Waals surface area contributed by atoms with E-state index in [4.69, 9.17) is 43.1 Å². The lowest BCUT2D eigenvalue weighted by molar-refractivity contribution is -0.532. The molecule has 10 heterocycles. The fourth-order valence-corrected chi connectivity index (χ4v) is 12.9. The van der Waals surface area contributed by atoms with Crippen LogP contribution in [0.1, 0.15) is 94.2 Å². The van der Waals surface area contributed by atoms with Crippen LogP contribution in [0.4, 0.5) is 0 Å². The van der Waals surface area contributed by atoms with Crippen LogP contribution in [0.2, 0.25) is 0 Å².